The third-order valence-corrected chi connectivity index (χ3v) is 5.76. The van der Waals surface area contributed by atoms with Gasteiger partial charge in [-0.3, -0.25) is 9.59 Å². The lowest BCUT2D eigenvalue weighted by Gasteiger charge is -2.31. The van der Waals surface area contributed by atoms with Gasteiger partial charge in [0.25, 0.3) is 0 Å². The fourth-order valence-corrected chi connectivity index (χ4v) is 4.06. The Kier molecular flexibility index (Phi) is 9.26. The lowest BCUT2D eigenvalue weighted by atomic mass is 10.1. The zero-order valence-corrected chi connectivity index (χ0v) is 20.3. The highest BCUT2D eigenvalue weighted by molar-refractivity contribution is 7.99. The van der Waals surface area contributed by atoms with Gasteiger partial charge in [0.05, 0.1) is 12.9 Å². The van der Waals surface area contributed by atoms with E-state index >= 15 is 0 Å². The molecule has 2 aromatic rings. The topological polar surface area (TPSA) is 58.6 Å². The third kappa shape index (κ3) is 8.46. The Morgan fingerprint density at radius 1 is 1.13 bits per heavy atom. The molecule has 0 aliphatic rings. The summed E-state index contributed by atoms with van der Waals surface area (Å²) in [7, 11) is 1.61. The first kappa shape index (κ1) is 25.1. The number of halogens is 1. The van der Waals surface area contributed by atoms with Crippen LogP contribution in [0.4, 0.5) is 0 Å². The Labute approximate surface area is 194 Å². The maximum Gasteiger partial charge on any atom is 0.242 e. The number of hydrogen-bond acceptors (Lipinski definition) is 4. The Morgan fingerprint density at radius 2 is 1.81 bits per heavy atom. The second kappa shape index (κ2) is 11.4. The number of methoxy groups -OCH3 is 1. The predicted octanol–water partition coefficient (Wildman–Crippen LogP) is 4.91. The van der Waals surface area contributed by atoms with Gasteiger partial charge in [-0.1, -0.05) is 35.9 Å². The van der Waals surface area contributed by atoms with Crippen molar-refractivity contribution in [3.05, 3.63) is 64.7 Å². The van der Waals surface area contributed by atoms with Crippen LogP contribution in [0.2, 0.25) is 5.02 Å². The molecule has 0 unspecified atom stereocenters. The van der Waals surface area contributed by atoms with Crippen LogP contribution in [0.15, 0.2) is 48.5 Å². The largest absolute Gasteiger partial charge is 0.497 e. The van der Waals surface area contributed by atoms with Crippen molar-refractivity contribution in [1.29, 1.82) is 0 Å². The van der Waals surface area contributed by atoms with E-state index in [4.69, 9.17) is 16.3 Å². The lowest BCUT2D eigenvalue weighted by Crippen LogP contribution is -2.52. The highest BCUT2D eigenvalue weighted by Gasteiger charge is 2.28. The molecule has 2 aromatic carbocycles. The van der Waals surface area contributed by atoms with Gasteiger partial charge in [-0.15, -0.1) is 11.8 Å². The monoisotopic (exact) mass is 462 g/mol. The van der Waals surface area contributed by atoms with Gasteiger partial charge < -0.3 is 15.0 Å². The van der Waals surface area contributed by atoms with E-state index in [1.807, 2.05) is 69.3 Å². The third-order valence-electron chi connectivity index (χ3n) is 4.54. The van der Waals surface area contributed by atoms with Crippen molar-refractivity contribution in [2.45, 2.75) is 51.6 Å². The van der Waals surface area contributed by atoms with Crippen molar-refractivity contribution < 1.29 is 14.3 Å². The molecule has 31 heavy (non-hydrogen) atoms. The van der Waals surface area contributed by atoms with Crippen molar-refractivity contribution in [3.8, 4) is 5.75 Å². The van der Waals surface area contributed by atoms with Gasteiger partial charge in [-0.25, -0.2) is 0 Å². The zero-order chi connectivity index (χ0) is 23.0. The first-order valence-corrected chi connectivity index (χ1v) is 11.7. The van der Waals surface area contributed by atoms with Crippen LogP contribution in [0.1, 0.15) is 38.8 Å². The highest BCUT2D eigenvalue weighted by atomic mass is 35.5. The molecule has 1 atom stereocenters. The molecule has 2 amide bonds. The minimum Gasteiger partial charge on any atom is -0.497 e. The highest BCUT2D eigenvalue weighted by Crippen LogP contribution is 2.20. The second-order valence-electron chi connectivity index (χ2n) is 8.41. The molecule has 0 aromatic heterocycles. The summed E-state index contributed by atoms with van der Waals surface area (Å²) in [5, 5.41) is 3.65. The van der Waals surface area contributed by atoms with E-state index in [1.54, 1.807) is 18.9 Å². The molecule has 5 nitrogen and oxygen atoms in total. The maximum absolute atomic E-state index is 13.1. The number of hydrogen-bond donors (Lipinski definition) is 1. The molecular formula is C24H31ClN2O3S. The van der Waals surface area contributed by atoms with Crippen molar-refractivity contribution >= 4 is 35.2 Å². The fourth-order valence-electron chi connectivity index (χ4n) is 2.99. The van der Waals surface area contributed by atoms with Crippen molar-refractivity contribution in [1.82, 2.24) is 10.2 Å². The van der Waals surface area contributed by atoms with Gasteiger partial charge in [0.15, 0.2) is 0 Å². The van der Waals surface area contributed by atoms with Gasteiger partial charge in [-0.05, 0) is 63.1 Å². The zero-order valence-electron chi connectivity index (χ0n) is 18.8. The molecule has 0 spiro atoms. The summed E-state index contributed by atoms with van der Waals surface area (Å²) in [6, 6.07) is 14.5. The SMILES string of the molecule is COc1cccc(CN(C(=O)CSCc2cccc(Cl)c2)[C@@H](C)C(=O)NC(C)(C)C)c1. The lowest BCUT2D eigenvalue weighted by molar-refractivity contribution is -0.139. The molecule has 0 aliphatic carbocycles. The number of nitrogens with one attached hydrogen (secondary N) is 1. The molecule has 0 heterocycles. The van der Waals surface area contributed by atoms with Crippen LogP contribution >= 0.6 is 23.4 Å². The van der Waals surface area contributed by atoms with E-state index in [0.29, 0.717) is 23.1 Å². The average molecular weight is 463 g/mol. The Bertz CT molecular complexity index is 898. The Hall–Kier alpha value is -2.18. The van der Waals surface area contributed by atoms with Crippen LogP contribution in [-0.4, -0.2) is 41.2 Å². The molecule has 0 aliphatic heterocycles. The summed E-state index contributed by atoms with van der Waals surface area (Å²) in [5.74, 6) is 1.38. The van der Waals surface area contributed by atoms with Crippen LogP contribution in [-0.2, 0) is 21.9 Å². The van der Waals surface area contributed by atoms with Gasteiger partial charge >= 0.3 is 0 Å². The number of carbonyl (C=O) groups excluding carboxylic acids is 2. The van der Waals surface area contributed by atoms with E-state index < -0.39 is 6.04 Å². The molecule has 0 fully saturated rings. The number of nitrogens with zero attached hydrogens (tertiary/aromatic N) is 1. The molecule has 0 radical (unpaired) electrons. The first-order valence-electron chi connectivity index (χ1n) is 10.2. The number of benzene rings is 2. The Morgan fingerprint density at radius 3 is 2.45 bits per heavy atom. The van der Waals surface area contributed by atoms with Gasteiger partial charge in [0.2, 0.25) is 11.8 Å². The summed E-state index contributed by atoms with van der Waals surface area (Å²) in [6.07, 6.45) is 0. The smallest absolute Gasteiger partial charge is 0.242 e. The maximum atomic E-state index is 13.1. The molecule has 0 saturated carbocycles. The fraction of sp³-hybridized carbons (Fsp3) is 0.417. The molecule has 1 N–H and O–H groups in total. The summed E-state index contributed by atoms with van der Waals surface area (Å²) in [4.78, 5) is 27.6. The standard InChI is InChI=1S/C24H31ClN2O3S/c1-17(23(29)26-24(2,3)4)27(14-18-8-7-11-21(13-18)30-5)22(28)16-31-15-19-9-6-10-20(25)12-19/h6-13,17H,14-16H2,1-5H3,(H,26,29)/t17-/m0/s1. The minimum absolute atomic E-state index is 0.0913. The summed E-state index contributed by atoms with van der Waals surface area (Å²) >= 11 is 7.55. The quantitative estimate of drug-likeness (QED) is 0.575. The van der Waals surface area contributed by atoms with Gasteiger partial charge in [-0.2, -0.15) is 0 Å². The predicted molar refractivity (Wildman–Crippen MR) is 129 cm³/mol. The van der Waals surface area contributed by atoms with Gasteiger partial charge in [0.1, 0.15) is 11.8 Å². The van der Waals surface area contributed by atoms with Gasteiger partial charge in [0, 0.05) is 22.9 Å². The Balaban J connectivity index is 2.12. The molecule has 168 valence electrons. The van der Waals surface area contributed by atoms with E-state index in [2.05, 4.69) is 5.32 Å². The van der Waals surface area contributed by atoms with E-state index in [1.165, 1.54) is 11.8 Å². The number of thioether (sulfide) groups is 1. The second-order valence-corrected chi connectivity index (χ2v) is 9.83. The molecule has 7 heteroatoms. The van der Waals surface area contributed by atoms with Crippen molar-refractivity contribution in [2.75, 3.05) is 12.9 Å². The summed E-state index contributed by atoms with van der Waals surface area (Å²) in [6.45, 7) is 7.86. The average Bonchev–Trinajstić information content (AvgIpc) is 2.70. The van der Waals surface area contributed by atoms with Crippen LogP contribution < -0.4 is 10.1 Å². The van der Waals surface area contributed by atoms with Crippen LogP contribution in [0, 0.1) is 0 Å². The first-order chi connectivity index (χ1) is 14.6. The summed E-state index contributed by atoms with van der Waals surface area (Å²) in [5.41, 5.74) is 1.59. The van der Waals surface area contributed by atoms with E-state index in [9.17, 15) is 9.59 Å². The normalized spacial score (nSPS) is 12.2. The van der Waals surface area contributed by atoms with E-state index in [0.717, 1.165) is 11.1 Å². The number of amides is 2. The van der Waals surface area contributed by atoms with E-state index in [-0.39, 0.29) is 23.1 Å². The molecule has 2 rings (SSSR count). The molecule has 0 saturated heterocycles. The van der Waals surface area contributed by atoms with Crippen LogP contribution in [0.5, 0.6) is 5.75 Å². The molecule has 0 bridgehead atoms. The number of rotatable bonds is 9. The minimum atomic E-state index is -0.607. The van der Waals surface area contributed by atoms with Crippen LogP contribution in [0.3, 0.4) is 0 Å². The number of ether oxygens (including phenoxy) is 1. The van der Waals surface area contributed by atoms with Crippen LogP contribution in [0.25, 0.3) is 0 Å². The summed E-state index contributed by atoms with van der Waals surface area (Å²) < 4.78 is 5.30. The number of carbonyl (C=O) groups is 2. The van der Waals surface area contributed by atoms with Crippen molar-refractivity contribution in [3.63, 3.8) is 0 Å². The molecular weight excluding hydrogens is 432 g/mol. The van der Waals surface area contributed by atoms with Crippen molar-refractivity contribution in [2.24, 2.45) is 0 Å².